The number of hydrogen-bond acceptors (Lipinski definition) is 2. The molecule has 27 heavy (non-hydrogen) atoms. The fourth-order valence-electron chi connectivity index (χ4n) is 4.60. The lowest BCUT2D eigenvalue weighted by Gasteiger charge is -2.39. The number of nitrogens with zero attached hydrogens (tertiary/aromatic N) is 2. The Bertz CT molecular complexity index is 651. The predicted octanol–water partition coefficient (Wildman–Crippen LogP) is 5.94. The third-order valence-electron chi connectivity index (χ3n) is 5.96. The van der Waals surface area contributed by atoms with Crippen LogP contribution < -0.4 is 0 Å². The largest absolute Gasteiger partial charge is 0.302 e. The molecule has 1 unspecified atom stereocenters. The Hall–Kier alpha value is -1.35. The van der Waals surface area contributed by atoms with E-state index in [2.05, 4.69) is 84.1 Å². The van der Waals surface area contributed by atoms with E-state index < -0.39 is 0 Å². The maximum absolute atomic E-state index is 6.66. The van der Waals surface area contributed by atoms with Crippen molar-refractivity contribution < 1.29 is 0 Å². The zero-order chi connectivity index (χ0) is 19.1. The fourth-order valence-corrected chi connectivity index (χ4v) is 4.92. The molecule has 1 aliphatic rings. The minimum atomic E-state index is 0.508. The molecule has 1 atom stereocenters. The van der Waals surface area contributed by atoms with Gasteiger partial charge in [-0.25, -0.2) is 4.42 Å². The summed E-state index contributed by atoms with van der Waals surface area (Å²) in [6.07, 6.45) is 7.15. The van der Waals surface area contributed by atoms with Crippen LogP contribution >= 0.6 is 11.8 Å². The first-order chi connectivity index (χ1) is 13.1. The molecule has 0 aromatic heterocycles. The van der Waals surface area contributed by atoms with Crippen LogP contribution in [0, 0.1) is 5.92 Å². The first-order valence-electron chi connectivity index (χ1n) is 10.3. The third-order valence-corrected chi connectivity index (χ3v) is 6.41. The molecule has 1 saturated carbocycles. The van der Waals surface area contributed by atoms with E-state index in [9.17, 15) is 0 Å². The van der Waals surface area contributed by atoms with Gasteiger partial charge in [0.1, 0.15) is 0 Å². The van der Waals surface area contributed by atoms with E-state index in [1.165, 1.54) is 36.8 Å². The van der Waals surface area contributed by atoms with Gasteiger partial charge in [0, 0.05) is 18.6 Å². The highest BCUT2D eigenvalue weighted by atomic mass is 35.5. The zero-order valence-electron chi connectivity index (χ0n) is 16.7. The van der Waals surface area contributed by atoms with Crippen molar-refractivity contribution in [2.75, 3.05) is 20.6 Å². The summed E-state index contributed by atoms with van der Waals surface area (Å²) < 4.78 is 2.09. The van der Waals surface area contributed by atoms with Crippen LogP contribution in [0.4, 0.5) is 0 Å². The summed E-state index contributed by atoms with van der Waals surface area (Å²) in [5.74, 6) is 0.716. The summed E-state index contributed by atoms with van der Waals surface area (Å²) in [4.78, 5) is 2.39. The monoisotopic (exact) mass is 384 g/mol. The molecule has 0 spiro atoms. The van der Waals surface area contributed by atoms with Gasteiger partial charge in [-0.3, -0.25) is 0 Å². The van der Waals surface area contributed by atoms with Gasteiger partial charge in [0.2, 0.25) is 0 Å². The lowest BCUT2D eigenvalue weighted by atomic mass is 9.78. The van der Waals surface area contributed by atoms with E-state index in [0.29, 0.717) is 18.0 Å². The van der Waals surface area contributed by atoms with Crippen LogP contribution in [0.2, 0.25) is 0 Å². The average molecular weight is 385 g/mol. The minimum absolute atomic E-state index is 0.508. The van der Waals surface area contributed by atoms with Gasteiger partial charge >= 0.3 is 0 Å². The molecule has 2 aromatic carbocycles. The molecule has 0 bridgehead atoms. The SMILES string of the molecule is CN(C)C(c1ccccc1)C1CCC(N(Cl)CCCc2ccccc2)CC1. The number of aryl methyl sites for hydroxylation is 1. The molecule has 0 aliphatic heterocycles. The smallest absolute Gasteiger partial charge is 0.0370 e. The van der Waals surface area contributed by atoms with Gasteiger partial charge in [-0.1, -0.05) is 60.7 Å². The Kier molecular flexibility index (Phi) is 7.75. The molecule has 0 N–H and O–H groups in total. The first-order valence-corrected chi connectivity index (χ1v) is 10.7. The molecule has 2 aromatic rings. The van der Waals surface area contributed by atoms with Crippen molar-refractivity contribution in [3.63, 3.8) is 0 Å². The Labute approximate surface area is 170 Å². The number of benzene rings is 2. The lowest BCUT2D eigenvalue weighted by Crippen LogP contribution is -2.36. The van der Waals surface area contributed by atoms with Crippen LogP contribution in [0.1, 0.15) is 49.3 Å². The van der Waals surface area contributed by atoms with Gasteiger partial charge in [0.05, 0.1) is 0 Å². The maximum Gasteiger partial charge on any atom is 0.0370 e. The van der Waals surface area contributed by atoms with Crippen LogP contribution in [0.5, 0.6) is 0 Å². The van der Waals surface area contributed by atoms with E-state index >= 15 is 0 Å². The molecular weight excluding hydrogens is 352 g/mol. The number of halogens is 1. The molecule has 1 aliphatic carbocycles. The van der Waals surface area contributed by atoms with Crippen molar-refractivity contribution in [1.82, 2.24) is 9.32 Å². The normalized spacial score (nSPS) is 21.5. The van der Waals surface area contributed by atoms with Gasteiger partial charge in [0.15, 0.2) is 0 Å². The number of hydrogen-bond donors (Lipinski definition) is 0. The van der Waals surface area contributed by atoms with Gasteiger partial charge in [-0.15, -0.1) is 0 Å². The molecule has 1 fully saturated rings. The highest BCUT2D eigenvalue weighted by Crippen LogP contribution is 2.38. The molecule has 3 heteroatoms. The highest BCUT2D eigenvalue weighted by Gasteiger charge is 2.31. The van der Waals surface area contributed by atoms with Crippen LogP contribution in [0.3, 0.4) is 0 Å². The van der Waals surface area contributed by atoms with E-state index in [1.54, 1.807) is 0 Å². The van der Waals surface area contributed by atoms with Crippen molar-refractivity contribution in [1.29, 1.82) is 0 Å². The van der Waals surface area contributed by atoms with Crippen molar-refractivity contribution in [3.8, 4) is 0 Å². The Balaban J connectivity index is 1.47. The molecular formula is C24H33ClN2. The highest BCUT2D eigenvalue weighted by molar-refractivity contribution is 6.13. The Morgan fingerprint density at radius 1 is 0.889 bits per heavy atom. The van der Waals surface area contributed by atoms with Crippen molar-refractivity contribution in [3.05, 3.63) is 71.8 Å². The topological polar surface area (TPSA) is 6.48 Å². The first kappa shape index (κ1) is 20.4. The molecule has 3 rings (SSSR count). The lowest BCUT2D eigenvalue weighted by molar-refractivity contribution is 0.137. The van der Waals surface area contributed by atoms with Gasteiger partial charge in [-0.05, 0) is 81.4 Å². The van der Waals surface area contributed by atoms with Gasteiger partial charge in [-0.2, -0.15) is 0 Å². The van der Waals surface area contributed by atoms with Crippen LogP contribution in [-0.4, -0.2) is 36.0 Å². The molecule has 146 valence electrons. The maximum atomic E-state index is 6.66. The van der Waals surface area contributed by atoms with E-state index in [0.717, 1.165) is 19.4 Å². The third kappa shape index (κ3) is 5.81. The quantitative estimate of drug-likeness (QED) is 0.520. The second-order valence-corrected chi connectivity index (χ2v) is 8.53. The predicted molar refractivity (Wildman–Crippen MR) is 116 cm³/mol. The minimum Gasteiger partial charge on any atom is -0.302 e. The van der Waals surface area contributed by atoms with Gasteiger partial charge < -0.3 is 4.90 Å². The van der Waals surface area contributed by atoms with Crippen molar-refractivity contribution in [2.45, 2.75) is 50.6 Å². The molecule has 0 saturated heterocycles. The Morgan fingerprint density at radius 2 is 1.48 bits per heavy atom. The van der Waals surface area contributed by atoms with E-state index in [4.69, 9.17) is 11.8 Å². The van der Waals surface area contributed by atoms with E-state index in [1.807, 2.05) is 0 Å². The van der Waals surface area contributed by atoms with E-state index in [-0.39, 0.29) is 0 Å². The second-order valence-electron chi connectivity index (χ2n) is 8.10. The fraction of sp³-hybridized carbons (Fsp3) is 0.500. The molecule has 0 heterocycles. The van der Waals surface area contributed by atoms with Gasteiger partial charge in [0.25, 0.3) is 0 Å². The molecule has 0 amide bonds. The van der Waals surface area contributed by atoms with Crippen molar-refractivity contribution >= 4 is 11.8 Å². The molecule has 0 radical (unpaired) electrons. The Morgan fingerprint density at radius 3 is 2.07 bits per heavy atom. The second kappa shape index (κ2) is 10.3. The summed E-state index contributed by atoms with van der Waals surface area (Å²) in [6.45, 7) is 0.974. The summed E-state index contributed by atoms with van der Waals surface area (Å²) in [6, 6.07) is 22.7. The zero-order valence-corrected chi connectivity index (χ0v) is 17.5. The average Bonchev–Trinajstić information content (AvgIpc) is 2.70. The van der Waals surface area contributed by atoms with Crippen LogP contribution in [0.15, 0.2) is 60.7 Å². The summed E-state index contributed by atoms with van der Waals surface area (Å²) in [5.41, 5.74) is 2.85. The molecule has 2 nitrogen and oxygen atoms in total. The standard InChI is InChI=1S/C24H33ClN2/c1-26(2)24(21-13-7-4-8-14-21)22-15-17-23(18-16-22)27(25)19-9-12-20-10-5-3-6-11-20/h3-8,10-11,13-14,22-24H,9,12,15-19H2,1-2H3. The summed E-state index contributed by atoms with van der Waals surface area (Å²) in [5, 5.41) is 0. The number of rotatable bonds is 8. The van der Waals surface area contributed by atoms with Crippen LogP contribution in [-0.2, 0) is 6.42 Å². The van der Waals surface area contributed by atoms with Crippen LogP contribution in [0.25, 0.3) is 0 Å². The van der Waals surface area contributed by atoms with Crippen molar-refractivity contribution in [2.24, 2.45) is 5.92 Å². The summed E-state index contributed by atoms with van der Waals surface area (Å²) >= 11 is 6.66. The summed E-state index contributed by atoms with van der Waals surface area (Å²) in [7, 11) is 4.42.